The molecule has 41 heavy (non-hydrogen) atoms. The van der Waals surface area contributed by atoms with Crippen LogP contribution in [0.4, 0.5) is 0 Å². The number of benzene rings is 3. The molecule has 2 atom stereocenters. The normalized spacial score (nSPS) is 16.6. The minimum atomic E-state index is -3.61. The van der Waals surface area contributed by atoms with Gasteiger partial charge < -0.3 is 18.5 Å². The van der Waals surface area contributed by atoms with Gasteiger partial charge in [0.2, 0.25) is 0 Å². The van der Waals surface area contributed by atoms with Crippen LogP contribution in [-0.4, -0.2) is 31.1 Å². The zero-order valence-corrected chi connectivity index (χ0v) is 25.1. The molecule has 0 radical (unpaired) electrons. The van der Waals surface area contributed by atoms with Gasteiger partial charge in [-0.1, -0.05) is 67.6 Å². The average Bonchev–Trinajstić information content (AvgIpc) is 3.00. The maximum absolute atomic E-state index is 14.2. The number of fused-ring (bicyclic) bond motifs is 1. The van der Waals surface area contributed by atoms with E-state index in [0.29, 0.717) is 17.4 Å². The van der Waals surface area contributed by atoms with Crippen molar-refractivity contribution in [3.8, 4) is 11.1 Å². The van der Waals surface area contributed by atoms with Gasteiger partial charge in [0.25, 0.3) is 0 Å². The lowest BCUT2D eigenvalue weighted by molar-refractivity contribution is -0.168. The third-order valence-corrected chi connectivity index (χ3v) is 9.56. The second-order valence-electron chi connectivity index (χ2n) is 10.5. The Morgan fingerprint density at radius 1 is 0.902 bits per heavy atom. The third-order valence-electron chi connectivity index (χ3n) is 7.44. The maximum atomic E-state index is 14.2. The standard InChI is InChI=1S/C34H40NO5P/c1-4-39-41(36,40-5-2)32-23-30(28-16-14-27(15-17-28)24-38-33-13-9-10-20-37-33)22-29-18-19-31(35-34(29)32)25(3)21-26-11-7-6-8-12-26/h6-8,11-12,14-19,22-23,25,33H,4-5,9-10,13,20-21,24H2,1-3H3. The summed E-state index contributed by atoms with van der Waals surface area (Å²) in [5, 5.41) is 1.40. The summed E-state index contributed by atoms with van der Waals surface area (Å²) in [6, 6.07) is 26.9. The molecule has 3 aromatic carbocycles. The third kappa shape index (κ3) is 7.32. The van der Waals surface area contributed by atoms with Gasteiger partial charge in [0, 0.05) is 23.6 Å². The lowest BCUT2D eigenvalue weighted by Gasteiger charge is -2.22. The van der Waals surface area contributed by atoms with Crippen LogP contribution in [0.1, 0.15) is 62.8 Å². The first-order valence-electron chi connectivity index (χ1n) is 14.7. The van der Waals surface area contributed by atoms with Gasteiger partial charge >= 0.3 is 7.60 Å². The van der Waals surface area contributed by atoms with Gasteiger partial charge in [-0.3, -0.25) is 9.55 Å². The second-order valence-corrected chi connectivity index (χ2v) is 12.5. The van der Waals surface area contributed by atoms with Crippen LogP contribution < -0.4 is 5.30 Å². The van der Waals surface area contributed by atoms with Gasteiger partial charge in [-0.05, 0) is 80.0 Å². The smallest absolute Gasteiger partial charge is 0.353 e. The summed E-state index contributed by atoms with van der Waals surface area (Å²) >= 11 is 0. The molecule has 7 heteroatoms. The van der Waals surface area contributed by atoms with Crippen LogP contribution in [0.5, 0.6) is 0 Å². The molecule has 0 N–H and O–H groups in total. The topological polar surface area (TPSA) is 66.9 Å². The van der Waals surface area contributed by atoms with Gasteiger partial charge in [-0.2, -0.15) is 0 Å². The first-order chi connectivity index (χ1) is 20.0. The molecule has 2 unspecified atom stereocenters. The van der Waals surface area contributed by atoms with Crippen LogP contribution in [0, 0.1) is 0 Å². The minimum Gasteiger partial charge on any atom is -0.353 e. The molecule has 1 aromatic heterocycles. The summed E-state index contributed by atoms with van der Waals surface area (Å²) in [7, 11) is -3.61. The van der Waals surface area contributed by atoms with Crippen LogP contribution in [0.15, 0.2) is 78.9 Å². The first kappa shape index (κ1) is 29.6. The van der Waals surface area contributed by atoms with E-state index in [1.807, 2.05) is 26.0 Å². The molecule has 0 aliphatic carbocycles. The number of hydrogen-bond acceptors (Lipinski definition) is 6. The van der Waals surface area contributed by atoms with Crippen LogP contribution >= 0.6 is 7.60 Å². The van der Waals surface area contributed by atoms with E-state index in [0.717, 1.165) is 60.1 Å². The van der Waals surface area contributed by atoms with Crippen LogP contribution in [0.2, 0.25) is 0 Å². The molecule has 0 bridgehead atoms. The van der Waals surface area contributed by atoms with E-state index in [-0.39, 0.29) is 25.4 Å². The highest BCUT2D eigenvalue weighted by Crippen LogP contribution is 2.49. The number of hydrogen-bond donors (Lipinski definition) is 0. The zero-order chi connectivity index (χ0) is 28.7. The SMILES string of the molecule is CCOP(=O)(OCC)c1cc(-c2ccc(COC3CCCCO3)cc2)cc2ccc(C(C)Cc3ccccc3)nc12. The van der Waals surface area contributed by atoms with Crippen LogP contribution in [0.3, 0.4) is 0 Å². The van der Waals surface area contributed by atoms with Gasteiger partial charge in [-0.25, -0.2) is 0 Å². The van der Waals surface area contributed by atoms with E-state index < -0.39 is 7.60 Å². The van der Waals surface area contributed by atoms with E-state index in [1.165, 1.54) is 5.56 Å². The molecule has 216 valence electrons. The van der Waals surface area contributed by atoms with Crippen molar-refractivity contribution in [1.82, 2.24) is 4.98 Å². The molecule has 1 fully saturated rings. The van der Waals surface area contributed by atoms with Gasteiger partial charge in [0.1, 0.15) is 0 Å². The molecule has 1 saturated heterocycles. The molecular formula is C34H40NO5P. The first-order valence-corrected chi connectivity index (χ1v) is 16.2. The van der Waals surface area contributed by atoms with E-state index in [9.17, 15) is 4.57 Å². The average molecular weight is 574 g/mol. The molecule has 4 aromatic rings. The Kier molecular flexibility index (Phi) is 10.0. The van der Waals surface area contributed by atoms with Crippen molar-refractivity contribution in [3.05, 3.63) is 95.7 Å². The van der Waals surface area contributed by atoms with Gasteiger partial charge in [-0.15, -0.1) is 0 Å². The lowest BCUT2D eigenvalue weighted by Crippen LogP contribution is -2.21. The van der Waals surface area contributed by atoms with Crippen molar-refractivity contribution in [2.45, 2.75) is 65.3 Å². The Morgan fingerprint density at radius 2 is 1.66 bits per heavy atom. The molecule has 0 amide bonds. The van der Waals surface area contributed by atoms with E-state index in [2.05, 4.69) is 73.7 Å². The number of ether oxygens (including phenoxy) is 2. The molecule has 5 rings (SSSR count). The molecule has 2 heterocycles. The zero-order valence-electron chi connectivity index (χ0n) is 24.3. The molecule has 1 aliphatic rings. The minimum absolute atomic E-state index is 0.120. The lowest BCUT2D eigenvalue weighted by atomic mass is 9.96. The van der Waals surface area contributed by atoms with Crippen molar-refractivity contribution >= 4 is 23.8 Å². The van der Waals surface area contributed by atoms with Crippen LogP contribution in [0.25, 0.3) is 22.0 Å². The Bertz CT molecular complexity index is 1460. The quantitative estimate of drug-likeness (QED) is 0.159. The maximum Gasteiger partial charge on any atom is 0.363 e. The summed E-state index contributed by atoms with van der Waals surface area (Å²) in [6.45, 7) is 7.65. The number of pyridine rings is 1. The highest BCUT2D eigenvalue weighted by molar-refractivity contribution is 7.62. The number of aromatic nitrogens is 1. The summed E-state index contributed by atoms with van der Waals surface area (Å²) < 4.78 is 37.5. The highest BCUT2D eigenvalue weighted by atomic mass is 31.2. The Morgan fingerprint density at radius 3 is 2.34 bits per heavy atom. The fraction of sp³-hybridized carbons (Fsp3) is 0.382. The van der Waals surface area contributed by atoms with Gasteiger partial charge in [0.15, 0.2) is 6.29 Å². The van der Waals surface area contributed by atoms with Crippen molar-refractivity contribution in [2.24, 2.45) is 0 Å². The summed E-state index contributed by atoms with van der Waals surface area (Å²) in [6.07, 6.45) is 3.93. The fourth-order valence-electron chi connectivity index (χ4n) is 5.30. The largest absolute Gasteiger partial charge is 0.363 e. The van der Waals surface area contributed by atoms with Crippen molar-refractivity contribution < 1.29 is 23.1 Å². The highest BCUT2D eigenvalue weighted by Gasteiger charge is 2.31. The van der Waals surface area contributed by atoms with Crippen molar-refractivity contribution in [3.63, 3.8) is 0 Å². The van der Waals surface area contributed by atoms with Gasteiger partial charge in [0.05, 0.1) is 30.6 Å². The predicted molar refractivity (Wildman–Crippen MR) is 165 cm³/mol. The fourth-order valence-corrected chi connectivity index (χ4v) is 7.06. The summed E-state index contributed by atoms with van der Waals surface area (Å²) in [5.41, 5.74) is 5.88. The van der Waals surface area contributed by atoms with E-state index >= 15 is 0 Å². The number of nitrogens with zero attached hydrogens (tertiary/aromatic N) is 1. The summed E-state index contributed by atoms with van der Waals surface area (Å²) in [4.78, 5) is 5.06. The molecule has 0 spiro atoms. The van der Waals surface area contributed by atoms with E-state index in [4.69, 9.17) is 23.5 Å². The van der Waals surface area contributed by atoms with E-state index in [1.54, 1.807) is 0 Å². The van der Waals surface area contributed by atoms with Crippen molar-refractivity contribution in [2.75, 3.05) is 19.8 Å². The molecule has 1 aliphatic heterocycles. The predicted octanol–water partition coefficient (Wildman–Crippen LogP) is 8.18. The number of rotatable bonds is 12. The Hall–Kier alpha value is -2.86. The summed E-state index contributed by atoms with van der Waals surface area (Å²) in [5.74, 6) is 0.182. The second kappa shape index (κ2) is 13.9. The molecule has 0 saturated carbocycles. The molecular weight excluding hydrogens is 533 g/mol. The Labute approximate surface area is 243 Å². The monoisotopic (exact) mass is 573 g/mol. The van der Waals surface area contributed by atoms with Crippen molar-refractivity contribution in [1.29, 1.82) is 0 Å². The molecule has 6 nitrogen and oxygen atoms in total. The Balaban J connectivity index is 1.48. The van der Waals surface area contributed by atoms with Crippen LogP contribution in [-0.2, 0) is 36.1 Å².